The number of aromatic nitrogens is 1. The van der Waals surface area contributed by atoms with Crippen LogP contribution in [-0.4, -0.2) is 53.1 Å². The zero-order valence-corrected chi connectivity index (χ0v) is 33.9. The SMILES string of the molecule is Cc1cc(-c2cccc(N3CCN(c4ccc(NS(=O)(=O)c5ccc(NSc6ccccc6)c(S(=O)(=O)C(F)(F)F)c5)cc4)CC3)c2)c(-c2ccc(Cl)cc2)n1C. The molecule has 7 rings (SSSR count). The Labute approximate surface area is 339 Å². The van der Waals surface area contributed by atoms with Crippen molar-refractivity contribution in [1.82, 2.24) is 4.57 Å². The van der Waals surface area contributed by atoms with E-state index in [9.17, 15) is 30.0 Å². The summed E-state index contributed by atoms with van der Waals surface area (Å²) < 4.78 is 100. The second-order valence-corrected chi connectivity index (χ2v) is 18.3. The molecule has 2 N–H and O–H groups in total. The van der Waals surface area contributed by atoms with Gasteiger partial charge in [0.15, 0.2) is 0 Å². The van der Waals surface area contributed by atoms with E-state index >= 15 is 0 Å². The van der Waals surface area contributed by atoms with Crippen LogP contribution in [0.5, 0.6) is 0 Å². The minimum absolute atomic E-state index is 0.158. The molecule has 1 saturated heterocycles. The summed E-state index contributed by atoms with van der Waals surface area (Å²) in [5, 5.41) is 0.683. The minimum Gasteiger partial charge on any atom is -0.368 e. The molecular weight excluding hydrogens is 815 g/mol. The van der Waals surface area contributed by atoms with Crippen LogP contribution in [-0.2, 0) is 26.9 Å². The van der Waals surface area contributed by atoms with Crippen molar-refractivity contribution in [1.29, 1.82) is 0 Å². The summed E-state index contributed by atoms with van der Waals surface area (Å²) in [6, 6.07) is 36.3. The van der Waals surface area contributed by atoms with Gasteiger partial charge in [-0.3, -0.25) is 4.72 Å². The van der Waals surface area contributed by atoms with Crippen molar-refractivity contribution in [3.8, 4) is 22.4 Å². The van der Waals surface area contributed by atoms with E-state index in [0.29, 0.717) is 29.1 Å². The highest BCUT2D eigenvalue weighted by Crippen LogP contribution is 2.39. The number of aryl methyl sites for hydroxylation is 1. The van der Waals surface area contributed by atoms with Gasteiger partial charge in [-0.05, 0) is 115 Å². The van der Waals surface area contributed by atoms with Gasteiger partial charge >= 0.3 is 5.51 Å². The molecule has 296 valence electrons. The van der Waals surface area contributed by atoms with Crippen molar-refractivity contribution < 1.29 is 30.0 Å². The first-order valence-corrected chi connectivity index (χ1v) is 21.9. The lowest BCUT2D eigenvalue weighted by molar-refractivity contribution is -0.0435. The summed E-state index contributed by atoms with van der Waals surface area (Å²) in [6.45, 7) is 4.98. The van der Waals surface area contributed by atoms with Gasteiger partial charge in [-0.15, -0.1) is 0 Å². The van der Waals surface area contributed by atoms with Crippen LogP contribution >= 0.6 is 23.5 Å². The number of halogens is 4. The smallest absolute Gasteiger partial charge is 0.368 e. The van der Waals surface area contributed by atoms with Crippen molar-refractivity contribution in [2.45, 2.75) is 27.1 Å². The Balaban J connectivity index is 1.03. The molecule has 1 aliphatic heterocycles. The molecule has 1 aliphatic rings. The topological polar surface area (TPSA) is 104 Å². The van der Waals surface area contributed by atoms with Crippen LogP contribution in [0.15, 0.2) is 142 Å². The van der Waals surface area contributed by atoms with E-state index in [1.165, 1.54) is 0 Å². The summed E-state index contributed by atoms with van der Waals surface area (Å²) >= 11 is 7.06. The Morgan fingerprint density at radius 3 is 2.00 bits per heavy atom. The van der Waals surface area contributed by atoms with Gasteiger partial charge in [0.1, 0.15) is 4.90 Å². The van der Waals surface area contributed by atoms with Gasteiger partial charge in [0.25, 0.3) is 19.9 Å². The molecule has 2 heterocycles. The van der Waals surface area contributed by atoms with Gasteiger partial charge in [0.2, 0.25) is 0 Å². The molecule has 0 unspecified atom stereocenters. The molecule has 6 aromatic rings. The fourth-order valence-corrected chi connectivity index (χ4v) is 9.65. The maximum Gasteiger partial charge on any atom is 0.501 e. The van der Waals surface area contributed by atoms with E-state index in [1.807, 2.05) is 24.3 Å². The van der Waals surface area contributed by atoms with Gasteiger partial charge in [0, 0.05) is 71.5 Å². The third kappa shape index (κ3) is 8.61. The summed E-state index contributed by atoms with van der Waals surface area (Å²) in [5.41, 5.74) is 1.62. The Morgan fingerprint density at radius 1 is 0.702 bits per heavy atom. The number of hydrogen-bond acceptors (Lipinski definition) is 8. The van der Waals surface area contributed by atoms with Gasteiger partial charge in [-0.25, -0.2) is 16.8 Å². The number of rotatable bonds is 11. The molecule has 0 bridgehead atoms. The zero-order chi connectivity index (χ0) is 40.5. The van der Waals surface area contributed by atoms with E-state index in [0.717, 1.165) is 76.6 Å². The number of nitrogens with zero attached hydrogens (tertiary/aromatic N) is 3. The molecule has 1 fully saturated rings. The van der Waals surface area contributed by atoms with Gasteiger partial charge in [-0.2, -0.15) is 13.2 Å². The number of sulfone groups is 1. The molecule has 0 atom stereocenters. The molecule has 16 heteroatoms. The lowest BCUT2D eigenvalue weighted by Gasteiger charge is -2.37. The average molecular weight is 852 g/mol. The Kier molecular flexibility index (Phi) is 11.3. The Bertz CT molecular complexity index is 2620. The quantitative estimate of drug-likeness (QED) is 0.124. The Morgan fingerprint density at radius 2 is 1.35 bits per heavy atom. The van der Waals surface area contributed by atoms with Crippen molar-refractivity contribution in [2.75, 3.05) is 45.4 Å². The van der Waals surface area contributed by atoms with Crippen LogP contribution in [0.2, 0.25) is 5.02 Å². The number of alkyl halides is 3. The number of hydrogen-bond donors (Lipinski definition) is 2. The first-order valence-electron chi connectivity index (χ1n) is 17.7. The first kappa shape index (κ1) is 40.1. The fraction of sp³-hybridized carbons (Fsp3) is 0.171. The van der Waals surface area contributed by atoms with E-state index in [-0.39, 0.29) is 5.69 Å². The number of benzene rings is 5. The van der Waals surface area contributed by atoms with Crippen LogP contribution in [0.1, 0.15) is 5.69 Å². The second kappa shape index (κ2) is 16.0. The van der Waals surface area contributed by atoms with Crippen LogP contribution < -0.4 is 19.2 Å². The average Bonchev–Trinajstić information content (AvgIpc) is 3.50. The van der Waals surface area contributed by atoms with Crippen LogP contribution in [0.3, 0.4) is 0 Å². The van der Waals surface area contributed by atoms with Crippen LogP contribution in [0.25, 0.3) is 22.4 Å². The number of piperazine rings is 1. The van der Waals surface area contributed by atoms with E-state index in [2.05, 4.69) is 68.1 Å². The second-order valence-electron chi connectivity index (χ2n) is 13.4. The van der Waals surface area contributed by atoms with Crippen molar-refractivity contribution in [3.63, 3.8) is 0 Å². The number of nitrogens with one attached hydrogen (secondary N) is 2. The van der Waals surface area contributed by atoms with Gasteiger partial charge < -0.3 is 19.1 Å². The fourth-order valence-electron chi connectivity index (χ4n) is 6.66. The van der Waals surface area contributed by atoms with Gasteiger partial charge in [0.05, 0.1) is 16.3 Å². The van der Waals surface area contributed by atoms with Crippen LogP contribution in [0, 0.1) is 6.92 Å². The maximum absolute atomic E-state index is 13.7. The predicted molar refractivity (Wildman–Crippen MR) is 223 cm³/mol. The zero-order valence-electron chi connectivity index (χ0n) is 30.7. The summed E-state index contributed by atoms with van der Waals surface area (Å²) in [7, 11) is -8.35. The molecule has 57 heavy (non-hydrogen) atoms. The monoisotopic (exact) mass is 851 g/mol. The molecule has 0 saturated carbocycles. The summed E-state index contributed by atoms with van der Waals surface area (Å²) in [4.78, 5) is 3.26. The maximum atomic E-state index is 13.7. The van der Waals surface area contributed by atoms with E-state index < -0.39 is 40.8 Å². The largest absolute Gasteiger partial charge is 0.501 e. The number of anilines is 4. The molecule has 1 aromatic heterocycles. The lowest BCUT2D eigenvalue weighted by atomic mass is 10.0. The highest BCUT2D eigenvalue weighted by molar-refractivity contribution is 8.00. The summed E-state index contributed by atoms with van der Waals surface area (Å²) in [5.74, 6) is 0. The molecule has 0 radical (unpaired) electrons. The lowest BCUT2D eigenvalue weighted by Crippen LogP contribution is -2.46. The molecule has 5 aromatic carbocycles. The van der Waals surface area contributed by atoms with Crippen LogP contribution in [0.4, 0.5) is 35.9 Å². The van der Waals surface area contributed by atoms with E-state index in [4.69, 9.17) is 11.6 Å². The van der Waals surface area contributed by atoms with Crippen molar-refractivity contribution in [3.05, 3.63) is 138 Å². The van der Waals surface area contributed by atoms with Gasteiger partial charge in [-0.1, -0.05) is 54.1 Å². The predicted octanol–water partition coefficient (Wildman–Crippen LogP) is 9.86. The van der Waals surface area contributed by atoms with Crippen molar-refractivity contribution in [2.24, 2.45) is 7.05 Å². The molecule has 9 nitrogen and oxygen atoms in total. The molecule has 0 amide bonds. The standard InChI is InChI=1S/C41H37ClF3N5O4S3/c1-28-25-37(40(48(28)2)29-11-13-31(42)14-12-29)30-7-6-8-34(26-30)50-23-21-49(22-24-50)33-17-15-32(16-18-33)47-57(53,54)36-19-20-38(46-55-35-9-4-3-5-10-35)39(27-36)56(51,52)41(43,44)45/h3-20,25-27,46-47H,21-24H2,1-2H3. The Hall–Kier alpha value is -5.09. The first-order chi connectivity index (χ1) is 27.1. The third-order valence-electron chi connectivity index (χ3n) is 9.76. The molecule has 0 spiro atoms. The molecular formula is C41H37ClF3N5O4S3. The number of sulfonamides is 1. The minimum atomic E-state index is -5.92. The summed E-state index contributed by atoms with van der Waals surface area (Å²) in [6.07, 6.45) is 0. The van der Waals surface area contributed by atoms with E-state index in [1.54, 1.807) is 54.6 Å². The third-order valence-corrected chi connectivity index (χ3v) is 13.7. The highest BCUT2D eigenvalue weighted by Gasteiger charge is 2.48. The normalized spacial score (nSPS) is 13.8. The molecule has 0 aliphatic carbocycles. The highest BCUT2D eigenvalue weighted by atomic mass is 35.5. The van der Waals surface area contributed by atoms with Crippen molar-refractivity contribution >= 4 is 66.2 Å².